The van der Waals surface area contributed by atoms with Gasteiger partial charge in [-0.15, -0.1) is 10.2 Å². The minimum absolute atomic E-state index is 0.0889. The third kappa shape index (κ3) is 3.48. The number of aryl methyl sites for hydroxylation is 1. The number of carbonyl (C=O) groups is 1. The standard InChI is InChI=1S/C20H22N6O/c1-15-2-4-16(5-3-15)20(27)25-10-8-24(9-11-25)18-7-6-17(21)12-19(18)26-13-22-23-14-26/h2-7,12-14H,8-11,21H2,1H3. The highest BCUT2D eigenvalue weighted by atomic mass is 16.2. The summed E-state index contributed by atoms with van der Waals surface area (Å²) in [6.45, 7) is 4.90. The van der Waals surface area contributed by atoms with Crippen LogP contribution in [0.5, 0.6) is 0 Å². The summed E-state index contributed by atoms with van der Waals surface area (Å²) in [5.41, 5.74) is 10.6. The molecule has 2 aromatic carbocycles. The number of carbonyl (C=O) groups excluding carboxylic acids is 1. The number of benzene rings is 2. The first-order valence-electron chi connectivity index (χ1n) is 8.97. The van der Waals surface area contributed by atoms with Gasteiger partial charge in [0, 0.05) is 37.4 Å². The van der Waals surface area contributed by atoms with Gasteiger partial charge in [0.2, 0.25) is 0 Å². The molecule has 4 rings (SSSR count). The van der Waals surface area contributed by atoms with Gasteiger partial charge in [-0.25, -0.2) is 0 Å². The summed E-state index contributed by atoms with van der Waals surface area (Å²) in [4.78, 5) is 16.9. The van der Waals surface area contributed by atoms with Crippen LogP contribution in [0.3, 0.4) is 0 Å². The molecule has 3 aromatic rings. The zero-order valence-electron chi connectivity index (χ0n) is 15.2. The van der Waals surface area contributed by atoms with E-state index in [-0.39, 0.29) is 5.91 Å². The largest absolute Gasteiger partial charge is 0.399 e. The van der Waals surface area contributed by atoms with Crippen LogP contribution in [0.1, 0.15) is 15.9 Å². The van der Waals surface area contributed by atoms with Crippen molar-refractivity contribution in [3.05, 3.63) is 66.2 Å². The number of nitrogen functional groups attached to an aromatic ring is 1. The lowest BCUT2D eigenvalue weighted by molar-refractivity contribution is 0.0747. The fourth-order valence-corrected chi connectivity index (χ4v) is 3.37. The van der Waals surface area contributed by atoms with Crippen LogP contribution >= 0.6 is 0 Å². The van der Waals surface area contributed by atoms with Gasteiger partial charge >= 0.3 is 0 Å². The molecule has 0 bridgehead atoms. The van der Waals surface area contributed by atoms with Crippen LogP contribution in [0.4, 0.5) is 11.4 Å². The normalized spacial score (nSPS) is 14.4. The highest BCUT2D eigenvalue weighted by Crippen LogP contribution is 2.27. The molecular weight excluding hydrogens is 340 g/mol. The minimum atomic E-state index is 0.0889. The monoisotopic (exact) mass is 362 g/mol. The molecule has 0 radical (unpaired) electrons. The van der Waals surface area contributed by atoms with Crippen molar-refractivity contribution >= 4 is 17.3 Å². The maximum absolute atomic E-state index is 12.7. The Hall–Kier alpha value is -3.35. The lowest BCUT2D eigenvalue weighted by atomic mass is 10.1. The van der Waals surface area contributed by atoms with Gasteiger partial charge in [0.15, 0.2) is 0 Å². The van der Waals surface area contributed by atoms with Crippen molar-refractivity contribution in [2.75, 3.05) is 36.8 Å². The molecule has 138 valence electrons. The summed E-state index contributed by atoms with van der Waals surface area (Å²) in [7, 11) is 0. The molecule has 0 spiro atoms. The van der Waals surface area contributed by atoms with Gasteiger partial charge in [-0.3, -0.25) is 9.36 Å². The maximum Gasteiger partial charge on any atom is 0.253 e. The summed E-state index contributed by atoms with van der Waals surface area (Å²) < 4.78 is 1.86. The smallest absolute Gasteiger partial charge is 0.253 e. The molecule has 1 amide bonds. The number of piperazine rings is 1. The second kappa shape index (κ2) is 7.11. The van der Waals surface area contributed by atoms with E-state index in [4.69, 9.17) is 5.73 Å². The molecule has 1 aliphatic heterocycles. The van der Waals surface area contributed by atoms with Crippen LogP contribution in [0.25, 0.3) is 5.69 Å². The van der Waals surface area contributed by atoms with Crippen molar-refractivity contribution in [3.8, 4) is 5.69 Å². The third-order valence-electron chi connectivity index (χ3n) is 4.90. The van der Waals surface area contributed by atoms with Crippen LogP contribution in [0.15, 0.2) is 55.1 Å². The number of aromatic nitrogens is 3. The molecule has 2 N–H and O–H groups in total. The Balaban J connectivity index is 1.50. The minimum Gasteiger partial charge on any atom is -0.399 e. The van der Waals surface area contributed by atoms with Gasteiger partial charge in [-0.05, 0) is 37.3 Å². The molecule has 0 aliphatic carbocycles. The van der Waals surface area contributed by atoms with E-state index in [0.717, 1.165) is 35.6 Å². The maximum atomic E-state index is 12.7. The van der Waals surface area contributed by atoms with E-state index in [1.807, 2.05) is 58.9 Å². The molecule has 1 aromatic heterocycles. The van der Waals surface area contributed by atoms with Crippen molar-refractivity contribution < 1.29 is 4.79 Å². The first kappa shape index (κ1) is 17.1. The van der Waals surface area contributed by atoms with Crippen molar-refractivity contribution in [1.29, 1.82) is 0 Å². The number of hydrogen-bond donors (Lipinski definition) is 1. The lowest BCUT2D eigenvalue weighted by Crippen LogP contribution is -2.49. The van der Waals surface area contributed by atoms with Crippen molar-refractivity contribution in [2.45, 2.75) is 6.92 Å². The van der Waals surface area contributed by atoms with Gasteiger partial charge in [-0.1, -0.05) is 17.7 Å². The predicted octanol–water partition coefficient (Wildman–Crippen LogP) is 2.12. The van der Waals surface area contributed by atoms with E-state index in [1.165, 1.54) is 0 Å². The molecule has 1 saturated heterocycles. The van der Waals surface area contributed by atoms with Gasteiger partial charge in [0.1, 0.15) is 12.7 Å². The average molecular weight is 362 g/mol. The van der Waals surface area contributed by atoms with Crippen molar-refractivity contribution in [3.63, 3.8) is 0 Å². The van der Waals surface area contributed by atoms with Gasteiger partial charge in [0.05, 0.1) is 11.4 Å². The third-order valence-corrected chi connectivity index (χ3v) is 4.90. The number of amides is 1. The Kier molecular flexibility index (Phi) is 4.50. The molecule has 0 saturated carbocycles. The Morgan fingerprint density at radius 1 is 0.926 bits per heavy atom. The topological polar surface area (TPSA) is 80.3 Å². The number of hydrogen-bond acceptors (Lipinski definition) is 5. The fraction of sp³-hybridized carbons (Fsp3) is 0.250. The molecule has 2 heterocycles. The molecule has 7 heteroatoms. The van der Waals surface area contributed by atoms with Gasteiger partial charge in [0.25, 0.3) is 5.91 Å². The van der Waals surface area contributed by atoms with E-state index in [1.54, 1.807) is 12.7 Å². The van der Waals surface area contributed by atoms with E-state index in [0.29, 0.717) is 18.8 Å². The number of anilines is 2. The summed E-state index contributed by atoms with van der Waals surface area (Å²) in [6, 6.07) is 13.6. The van der Waals surface area contributed by atoms with E-state index in [9.17, 15) is 4.79 Å². The summed E-state index contributed by atoms with van der Waals surface area (Å²) in [5.74, 6) is 0.0889. The van der Waals surface area contributed by atoms with Crippen molar-refractivity contribution in [2.24, 2.45) is 0 Å². The second-order valence-corrected chi connectivity index (χ2v) is 6.76. The lowest BCUT2D eigenvalue weighted by Gasteiger charge is -2.37. The highest BCUT2D eigenvalue weighted by molar-refractivity contribution is 5.94. The average Bonchev–Trinajstić information content (AvgIpc) is 3.23. The van der Waals surface area contributed by atoms with E-state index >= 15 is 0 Å². The Morgan fingerprint density at radius 3 is 2.26 bits per heavy atom. The summed E-state index contributed by atoms with van der Waals surface area (Å²) in [5, 5.41) is 7.78. The Labute approximate surface area is 158 Å². The second-order valence-electron chi connectivity index (χ2n) is 6.76. The number of nitrogens with two attached hydrogens (primary N) is 1. The van der Waals surface area contributed by atoms with E-state index in [2.05, 4.69) is 15.1 Å². The van der Waals surface area contributed by atoms with Crippen LogP contribution in [0, 0.1) is 6.92 Å². The highest BCUT2D eigenvalue weighted by Gasteiger charge is 2.24. The van der Waals surface area contributed by atoms with Crippen LogP contribution in [0.2, 0.25) is 0 Å². The molecule has 0 unspecified atom stereocenters. The Morgan fingerprint density at radius 2 is 1.59 bits per heavy atom. The first-order valence-corrected chi connectivity index (χ1v) is 8.97. The number of nitrogens with zero attached hydrogens (tertiary/aromatic N) is 5. The quantitative estimate of drug-likeness (QED) is 0.722. The zero-order chi connectivity index (χ0) is 18.8. The van der Waals surface area contributed by atoms with Crippen LogP contribution < -0.4 is 10.6 Å². The first-order chi connectivity index (χ1) is 13.1. The van der Waals surface area contributed by atoms with E-state index < -0.39 is 0 Å². The number of rotatable bonds is 3. The molecule has 0 atom stereocenters. The molecule has 1 fully saturated rings. The summed E-state index contributed by atoms with van der Waals surface area (Å²) >= 11 is 0. The Bertz CT molecular complexity index is 928. The summed E-state index contributed by atoms with van der Waals surface area (Å²) in [6.07, 6.45) is 3.32. The predicted molar refractivity (Wildman–Crippen MR) is 105 cm³/mol. The molecule has 27 heavy (non-hydrogen) atoms. The van der Waals surface area contributed by atoms with Gasteiger partial charge in [-0.2, -0.15) is 0 Å². The van der Waals surface area contributed by atoms with Crippen LogP contribution in [-0.2, 0) is 0 Å². The van der Waals surface area contributed by atoms with Crippen molar-refractivity contribution in [1.82, 2.24) is 19.7 Å². The zero-order valence-corrected chi connectivity index (χ0v) is 15.2. The molecule has 1 aliphatic rings. The van der Waals surface area contributed by atoms with Gasteiger partial charge < -0.3 is 15.5 Å². The molecular formula is C20H22N6O. The molecule has 7 nitrogen and oxygen atoms in total. The fourth-order valence-electron chi connectivity index (χ4n) is 3.37. The SMILES string of the molecule is Cc1ccc(C(=O)N2CCN(c3ccc(N)cc3-n3cnnc3)CC2)cc1. The van der Waals surface area contributed by atoms with Crippen LogP contribution in [-0.4, -0.2) is 51.8 Å².